The summed E-state index contributed by atoms with van der Waals surface area (Å²) in [5.74, 6) is -1.30. The monoisotopic (exact) mass is 323 g/mol. The Kier molecular flexibility index (Phi) is 3.85. The van der Waals surface area contributed by atoms with Crippen molar-refractivity contribution in [1.82, 2.24) is 0 Å². The fraction of sp³-hybridized carbons (Fsp3) is 0.0714. The van der Waals surface area contributed by atoms with Crippen molar-refractivity contribution in [2.75, 3.05) is 5.32 Å². The van der Waals surface area contributed by atoms with Gasteiger partial charge in [-0.15, -0.1) is 0 Å². The summed E-state index contributed by atoms with van der Waals surface area (Å²) >= 11 is 3.13. The number of anilines is 1. The molecule has 3 nitrogen and oxygen atoms in total. The molecule has 0 atom stereocenters. The predicted molar refractivity (Wildman–Crippen MR) is 74.9 cm³/mol. The lowest BCUT2D eigenvalue weighted by Gasteiger charge is -2.09. The molecule has 0 aliphatic heterocycles. The third kappa shape index (κ3) is 2.93. The van der Waals surface area contributed by atoms with Gasteiger partial charge in [0.05, 0.1) is 11.3 Å². The number of carbonyl (C=O) groups is 1. The summed E-state index contributed by atoms with van der Waals surface area (Å²) in [4.78, 5) is 12.0. The number of phenols is 1. The molecule has 0 radical (unpaired) electrons. The number of carbonyl (C=O) groups excluding carboxylic acids is 1. The molecule has 0 aromatic heterocycles. The summed E-state index contributed by atoms with van der Waals surface area (Å²) in [6.45, 7) is 1.82. The van der Waals surface area contributed by atoms with Crippen molar-refractivity contribution < 1.29 is 14.3 Å². The molecule has 0 heterocycles. The first kappa shape index (κ1) is 13.5. The molecule has 0 unspecified atom stereocenters. The van der Waals surface area contributed by atoms with Crippen molar-refractivity contribution >= 4 is 27.5 Å². The standard InChI is InChI=1S/C14H11BrFNO2/c1-8-5-6-11(12(18)7-8)17-14(19)13-9(15)3-2-4-10(13)16/h2-7,18H,1H3,(H,17,19). The molecule has 0 bridgehead atoms. The lowest BCUT2D eigenvalue weighted by Crippen LogP contribution is -2.14. The van der Waals surface area contributed by atoms with Crippen LogP contribution in [0, 0.1) is 12.7 Å². The molecule has 2 rings (SSSR count). The molecule has 0 spiro atoms. The van der Waals surface area contributed by atoms with Crippen LogP contribution >= 0.6 is 15.9 Å². The van der Waals surface area contributed by atoms with Crippen LogP contribution in [0.5, 0.6) is 5.75 Å². The van der Waals surface area contributed by atoms with E-state index in [2.05, 4.69) is 21.2 Å². The Bertz CT molecular complexity index is 623. The van der Waals surface area contributed by atoms with E-state index in [0.29, 0.717) is 4.47 Å². The molecule has 1 amide bonds. The largest absolute Gasteiger partial charge is 0.506 e. The Balaban J connectivity index is 2.31. The summed E-state index contributed by atoms with van der Waals surface area (Å²) in [5, 5.41) is 12.2. The normalized spacial score (nSPS) is 10.3. The lowest BCUT2D eigenvalue weighted by molar-refractivity contribution is 0.102. The van der Waals surface area contributed by atoms with Crippen molar-refractivity contribution in [2.45, 2.75) is 6.92 Å². The molecule has 19 heavy (non-hydrogen) atoms. The number of rotatable bonds is 2. The number of hydrogen-bond acceptors (Lipinski definition) is 2. The maximum absolute atomic E-state index is 13.6. The van der Waals surface area contributed by atoms with Gasteiger partial charge in [0.1, 0.15) is 11.6 Å². The van der Waals surface area contributed by atoms with Crippen LogP contribution < -0.4 is 5.32 Å². The molecule has 0 saturated carbocycles. The van der Waals surface area contributed by atoms with Gasteiger partial charge in [0.2, 0.25) is 0 Å². The number of nitrogens with one attached hydrogen (secondary N) is 1. The van der Waals surface area contributed by atoms with Crippen LogP contribution in [0.25, 0.3) is 0 Å². The quantitative estimate of drug-likeness (QED) is 0.824. The number of amides is 1. The van der Waals surface area contributed by atoms with Gasteiger partial charge in [-0.2, -0.15) is 0 Å². The van der Waals surface area contributed by atoms with Crippen LogP contribution in [-0.2, 0) is 0 Å². The van der Waals surface area contributed by atoms with Crippen molar-refractivity contribution in [3.8, 4) is 5.75 Å². The van der Waals surface area contributed by atoms with Crippen molar-refractivity contribution in [3.63, 3.8) is 0 Å². The van der Waals surface area contributed by atoms with Gasteiger partial charge < -0.3 is 10.4 Å². The maximum atomic E-state index is 13.6. The topological polar surface area (TPSA) is 49.3 Å². The zero-order valence-corrected chi connectivity index (χ0v) is 11.7. The van der Waals surface area contributed by atoms with Gasteiger partial charge >= 0.3 is 0 Å². The SMILES string of the molecule is Cc1ccc(NC(=O)c2c(F)cccc2Br)c(O)c1. The highest BCUT2D eigenvalue weighted by Gasteiger charge is 2.16. The van der Waals surface area contributed by atoms with E-state index in [-0.39, 0.29) is 17.0 Å². The zero-order chi connectivity index (χ0) is 14.0. The third-order valence-corrected chi connectivity index (χ3v) is 3.25. The molecular weight excluding hydrogens is 313 g/mol. The van der Waals surface area contributed by atoms with E-state index in [9.17, 15) is 14.3 Å². The van der Waals surface area contributed by atoms with Gasteiger partial charge in [-0.05, 0) is 52.7 Å². The third-order valence-electron chi connectivity index (χ3n) is 2.59. The van der Waals surface area contributed by atoms with Crippen molar-refractivity contribution in [1.29, 1.82) is 0 Å². The van der Waals surface area contributed by atoms with Crippen LogP contribution in [-0.4, -0.2) is 11.0 Å². The summed E-state index contributed by atoms with van der Waals surface area (Å²) in [6, 6.07) is 9.11. The number of phenolic OH excluding ortho intramolecular Hbond substituents is 1. The first-order valence-corrected chi connectivity index (χ1v) is 6.33. The highest BCUT2D eigenvalue weighted by Crippen LogP contribution is 2.26. The van der Waals surface area contributed by atoms with E-state index in [1.165, 1.54) is 18.2 Å². The summed E-state index contributed by atoms with van der Waals surface area (Å²) < 4.78 is 14.0. The minimum atomic E-state index is -0.626. The van der Waals surface area contributed by atoms with E-state index in [4.69, 9.17) is 0 Å². The summed E-state index contributed by atoms with van der Waals surface area (Å²) in [5.41, 5.74) is 1.01. The molecule has 2 N–H and O–H groups in total. The Morgan fingerprint density at radius 3 is 2.68 bits per heavy atom. The first-order chi connectivity index (χ1) is 8.99. The lowest BCUT2D eigenvalue weighted by atomic mass is 10.1. The van der Waals surface area contributed by atoms with Crippen LogP contribution in [0.1, 0.15) is 15.9 Å². The highest BCUT2D eigenvalue weighted by atomic mass is 79.9. The molecule has 0 fully saturated rings. The summed E-state index contributed by atoms with van der Waals surface area (Å²) in [6.07, 6.45) is 0. The molecule has 0 aliphatic carbocycles. The number of hydrogen-bond donors (Lipinski definition) is 2. The zero-order valence-electron chi connectivity index (χ0n) is 10.1. The average Bonchev–Trinajstić information content (AvgIpc) is 2.32. The van der Waals surface area contributed by atoms with Crippen LogP contribution in [0.4, 0.5) is 10.1 Å². The second-order valence-electron chi connectivity index (χ2n) is 4.07. The molecular formula is C14H11BrFNO2. The Morgan fingerprint density at radius 2 is 2.05 bits per heavy atom. The van der Waals surface area contributed by atoms with Crippen LogP contribution in [0.3, 0.4) is 0 Å². The minimum absolute atomic E-state index is 0.0548. The van der Waals surface area contributed by atoms with E-state index < -0.39 is 11.7 Å². The van der Waals surface area contributed by atoms with Crippen molar-refractivity contribution in [2.24, 2.45) is 0 Å². The van der Waals surface area contributed by atoms with E-state index in [0.717, 1.165) is 5.56 Å². The minimum Gasteiger partial charge on any atom is -0.506 e. The van der Waals surface area contributed by atoms with E-state index in [1.54, 1.807) is 18.2 Å². The van der Waals surface area contributed by atoms with Gasteiger partial charge in [0.25, 0.3) is 5.91 Å². The Labute approximate surface area is 118 Å². The van der Waals surface area contributed by atoms with Crippen molar-refractivity contribution in [3.05, 3.63) is 57.8 Å². The molecule has 2 aromatic rings. The fourth-order valence-corrected chi connectivity index (χ4v) is 2.17. The molecule has 0 saturated heterocycles. The molecule has 98 valence electrons. The van der Waals surface area contributed by atoms with Gasteiger partial charge in [0, 0.05) is 4.47 Å². The maximum Gasteiger partial charge on any atom is 0.259 e. The smallest absolute Gasteiger partial charge is 0.259 e. The number of aryl methyl sites for hydroxylation is 1. The second-order valence-corrected chi connectivity index (χ2v) is 4.93. The van der Waals surface area contributed by atoms with Gasteiger partial charge in [-0.25, -0.2) is 4.39 Å². The van der Waals surface area contributed by atoms with Gasteiger partial charge in [0.15, 0.2) is 0 Å². The number of halogens is 2. The Hall–Kier alpha value is -1.88. The number of benzene rings is 2. The molecule has 5 heteroatoms. The van der Waals surface area contributed by atoms with Crippen LogP contribution in [0.2, 0.25) is 0 Å². The Morgan fingerprint density at radius 1 is 1.32 bits per heavy atom. The summed E-state index contributed by atoms with van der Waals surface area (Å²) in [7, 11) is 0. The highest BCUT2D eigenvalue weighted by molar-refractivity contribution is 9.10. The fourth-order valence-electron chi connectivity index (χ4n) is 1.65. The average molecular weight is 324 g/mol. The van der Waals surface area contributed by atoms with Gasteiger partial charge in [-0.3, -0.25) is 4.79 Å². The van der Waals surface area contributed by atoms with Gasteiger partial charge in [-0.1, -0.05) is 12.1 Å². The predicted octanol–water partition coefficient (Wildman–Crippen LogP) is 3.85. The molecule has 0 aliphatic rings. The van der Waals surface area contributed by atoms with E-state index >= 15 is 0 Å². The first-order valence-electron chi connectivity index (χ1n) is 5.54. The van der Waals surface area contributed by atoms with Crippen LogP contribution in [0.15, 0.2) is 40.9 Å². The number of aromatic hydroxyl groups is 1. The van der Waals surface area contributed by atoms with E-state index in [1.807, 2.05) is 6.92 Å². The second kappa shape index (κ2) is 5.40. The molecule has 2 aromatic carbocycles.